The molecular weight excluding hydrogens is 228 g/mol. The molecule has 100 valence electrons. The molecule has 0 spiro atoms. The van der Waals surface area contributed by atoms with Gasteiger partial charge in [-0.1, -0.05) is 12.1 Å². The largest absolute Gasteiger partial charge is 0.492 e. The number of benzene rings is 1. The molecule has 1 atom stereocenters. The first-order valence-corrected chi connectivity index (χ1v) is 6.34. The maximum Gasteiger partial charge on any atom is 0.236 e. The number of amides is 1. The molecule has 0 aliphatic carbocycles. The third-order valence-corrected chi connectivity index (χ3v) is 2.56. The molecule has 0 heterocycles. The number of likely N-dealkylation sites (N-methyl/N-ethyl adjacent to an activating group) is 1. The van der Waals surface area contributed by atoms with E-state index in [1.807, 2.05) is 45.0 Å². The highest BCUT2D eigenvalue weighted by molar-refractivity contribution is 5.81. The molecule has 0 fully saturated rings. The van der Waals surface area contributed by atoms with Crippen LogP contribution in [0.3, 0.4) is 0 Å². The minimum atomic E-state index is -0.189. The summed E-state index contributed by atoms with van der Waals surface area (Å²) in [7, 11) is 0. The fourth-order valence-electron chi connectivity index (χ4n) is 1.57. The molecule has 18 heavy (non-hydrogen) atoms. The molecule has 0 saturated carbocycles. The highest BCUT2D eigenvalue weighted by atomic mass is 16.5. The summed E-state index contributed by atoms with van der Waals surface area (Å²) in [5.41, 5.74) is 1.18. The van der Waals surface area contributed by atoms with Crippen molar-refractivity contribution in [3.63, 3.8) is 0 Å². The summed E-state index contributed by atoms with van der Waals surface area (Å²) in [6.07, 6.45) is 0. The summed E-state index contributed by atoms with van der Waals surface area (Å²) in [5, 5.41) is 5.88. The predicted molar refractivity (Wildman–Crippen MR) is 72.8 cm³/mol. The lowest BCUT2D eigenvalue weighted by molar-refractivity contribution is -0.122. The van der Waals surface area contributed by atoms with E-state index < -0.39 is 0 Å². The standard InChI is InChI=1S/C14H22N2O2/c1-4-15-14(17)12(3)16-8-9-18-13-7-5-6-11(2)10-13/h5-7,10,12,16H,4,8-9H2,1-3H3,(H,15,17). The Labute approximate surface area is 109 Å². The van der Waals surface area contributed by atoms with Crippen LogP contribution in [0.25, 0.3) is 0 Å². The van der Waals surface area contributed by atoms with E-state index in [2.05, 4.69) is 10.6 Å². The van der Waals surface area contributed by atoms with Crippen LogP contribution in [0.1, 0.15) is 19.4 Å². The quantitative estimate of drug-likeness (QED) is 0.721. The maximum atomic E-state index is 11.4. The monoisotopic (exact) mass is 250 g/mol. The molecule has 0 aliphatic rings. The Hall–Kier alpha value is -1.55. The fourth-order valence-corrected chi connectivity index (χ4v) is 1.57. The number of hydrogen-bond acceptors (Lipinski definition) is 3. The molecule has 0 aliphatic heterocycles. The Bertz CT molecular complexity index is 380. The molecule has 0 saturated heterocycles. The lowest BCUT2D eigenvalue weighted by Crippen LogP contribution is -2.43. The van der Waals surface area contributed by atoms with Crippen molar-refractivity contribution in [2.45, 2.75) is 26.8 Å². The molecule has 1 aromatic rings. The molecule has 2 N–H and O–H groups in total. The van der Waals surface area contributed by atoms with Gasteiger partial charge in [-0.15, -0.1) is 0 Å². The van der Waals surface area contributed by atoms with Gasteiger partial charge in [0.15, 0.2) is 0 Å². The zero-order valence-corrected chi connectivity index (χ0v) is 11.3. The average Bonchev–Trinajstić information content (AvgIpc) is 2.35. The Balaban J connectivity index is 2.20. The SMILES string of the molecule is CCNC(=O)C(C)NCCOc1cccc(C)c1. The minimum Gasteiger partial charge on any atom is -0.492 e. The van der Waals surface area contributed by atoms with E-state index in [4.69, 9.17) is 4.74 Å². The Morgan fingerprint density at radius 3 is 2.89 bits per heavy atom. The molecule has 1 unspecified atom stereocenters. The minimum absolute atomic E-state index is 0.0213. The molecule has 1 aromatic carbocycles. The van der Waals surface area contributed by atoms with E-state index in [0.717, 1.165) is 5.75 Å². The van der Waals surface area contributed by atoms with Gasteiger partial charge in [-0.25, -0.2) is 0 Å². The van der Waals surface area contributed by atoms with Crippen molar-refractivity contribution >= 4 is 5.91 Å². The van der Waals surface area contributed by atoms with Crippen molar-refractivity contribution in [3.05, 3.63) is 29.8 Å². The van der Waals surface area contributed by atoms with Gasteiger partial charge in [0.2, 0.25) is 5.91 Å². The summed E-state index contributed by atoms with van der Waals surface area (Å²) >= 11 is 0. The van der Waals surface area contributed by atoms with Crippen molar-refractivity contribution in [3.8, 4) is 5.75 Å². The van der Waals surface area contributed by atoms with Gasteiger partial charge in [-0.2, -0.15) is 0 Å². The first-order chi connectivity index (χ1) is 8.63. The van der Waals surface area contributed by atoms with Gasteiger partial charge in [-0.3, -0.25) is 4.79 Å². The van der Waals surface area contributed by atoms with Gasteiger partial charge < -0.3 is 15.4 Å². The molecule has 0 aromatic heterocycles. The van der Waals surface area contributed by atoms with Crippen LogP contribution in [0, 0.1) is 6.92 Å². The van der Waals surface area contributed by atoms with Crippen LogP contribution in [0.4, 0.5) is 0 Å². The summed E-state index contributed by atoms with van der Waals surface area (Å²) in [5.74, 6) is 0.885. The van der Waals surface area contributed by atoms with Crippen LogP contribution in [0.15, 0.2) is 24.3 Å². The van der Waals surface area contributed by atoms with E-state index in [0.29, 0.717) is 19.7 Å². The molecular formula is C14H22N2O2. The topological polar surface area (TPSA) is 50.4 Å². The summed E-state index contributed by atoms with van der Waals surface area (Å²) < 4.78 is 5.58. The van der Waals surface area contributed by atoms with Crippen LogP contribution in [0.2, 0.25) is 0 Å². The first kappa shape index (κ1) is 14.5. The van der Waals surface area contributed by atoms with Gasteiger partial charge in [0.1, 0.15) is 12.4 Å². The molecule has 0 radical (unpaired) electrons. The summed E-state index contributed by atoms with van der Waals surface area (Å²) in [4.78, 5) is 11.4. The van der Waals surface area contributed by atoms with E-state index in [9.17, 15) is 4.79 Å². The highest BCUT2D eigenvalue weighted by Crippen LogP contribution is 2.11. The van der Waals surface area contributed by atoms with Crippen LogP contribution >= 0.6 is 0 Å². The molecule has 4 nitrogen and oxygen atoms in total. The van der Waals surface area contributed by atoms with Crippen molar-refractivity contribution in [2.75, 3.05) is 19.7 Å². The summed E-state index contributed by atoms with van der Waals surface area (Å²) in [6, 6.07) is 7.73. The summed E-state index contributed by atoms with van der Waals surface area (Å²) in [6.45, 7) is 7.63. The van der Waals surface area contributed by atoms with E-state index >= 15 is 0 Å². The van der Waals surface area contributed by atoms with Gasteiger partial charge >= 0.3 is 0 Å². The van der Waals surface area contributed by atoms with Crippen LogP contribution in [-0.4, -0.2) is 31.6 Å². The third-order valence-electron chi connectivity index (χ3n) is 2.56. The lowest BCUT2D eigenvalue weighted by Gasteiger charge is -2.13. The number of carbonyl (C=O) groups excluding carboxylic acids is 1. The van der Waals surface area contributed by atoms with E-state index in [1.165, 1.54) is 5.56 Å². The zero-order chi connectivity index (χ0) is 13.4. The number of rotatable bonds is 7. The van der Waals surface area contributed by atoms with Gasteiger partial charge in [0.05, 0.1) is 6.04 Å². The zero-order valence-electron chi connectivity index (χ0n) is 11.3. The number of aryl methyl sites for hydroxylation is 1. The highest BCUT2D eigenvalue weighted by Gasteiger charge is 2.09. The van der Waals surface area contributed by atoms with Crippen LogP contribution in [-0.2, 0) is 4.79 Å². The second-order valence-electron chi connectivity index (χ2n) is 4.24. The normalized spacial score (nSPS) is 11.9. The van der Waals surface area contributed by atoms with Crippen molar-refractivity contribution < 1.29 is 9.53 Å². The number of nitrogens with one attached hydrogen (secondary N) is 2. The lowest BCUT2D eigenvalue weighted by atomic mass is 10.2. The number of hydrogen-bond donors (Lipinski definition) is 2. The second-order valence-corrected chi connectivity index (χ2v) is 4.24. The molecule has 1 rings (SSSR count). The van der Waals surface area contributed by atoms with E-state index in [1.54, 1.807) is 0 Å². The molecule has 1 amide bonds. The van der Waals surface area contributed by atoms with Gasteiger partial charge in [0.25, 0.3) is 0 Å². The smallest absolute Gasteiger partial charge is 0.236 e. The number of ether oxygens (including phenoxy) is 1. The number of carbonyl (C=O) groups is 1. The van der Waals surface area contributed by atoms with Crippen LogP contribution in [0.5, 0.6) is 5.75 Å². The van der Waals surface area contributed by atoms with Crippen molar-refractivity contribution in [1.82, 2.24) is 10.6 Å². The predicted octanol–water partition coefficient (Wildman–Crippen LogP) is 1.49. The first-order valence-electron chi connectivity index (χ1n) is 6.34. The Kier molecular flexibility index (Phi) is 6.22. The van der Waals surface area contributed by atoms with Crippen molar-refractivity contribution in [1.29, 1.82) is 0 Å². The van der Waals surface area contributed by atoms with Crippen LogP contribution < -0.4 is 15.4 Å². The second kappa shape index (κ2) is 7.71. The average molecular weight is 250 g/mol. The molecule has 0 bridgehead atoms. The molecule has 4 heteroatoms. The van der Waals surface area contributed by atoms with Gasteiger partial charge in [-0.05, 0) is 38.5 Å². The third kappa shape index (κ3) is 5.19. The van der Waals surface area contributed by atoms with Gasteiger partial charge in [0, 0.05) is 13.1 Å². The Morgan fingerprint density at radius 1 is 1.44 bits per heavy atom. The Morgan fingerprint density at radius 2 is 2.22 bits per heavy atom. The fraction of sp³-hybridized carbons (Fsp3) is 0.500. The maximum absolute atomic E-state index is 11.4. The van der Waals surface area contributed by atoms with Crippen molar-refractivity contribution in [2.24, 2.45) is 0 Å². The van der Waals surface area contributed by atoms with E-state index in [-0.39, 0.29) is 11.9 Å².